The van der Waals surface area contributed by atoms with Crippen molar-refractivity contribution >= 4 is 24.8 Å². The standard InChI is InChI=1S/C12H11F3N4O.2ClH/c13-12(14,15)11(3-6-17-7-11)10-18-9(19-20-10)8-1-4-16-5-2-8;;/h1-2,4-5,17H,3,6-7H2;2*1H. The van der Waals surface area contributed by atoms with Crippen LogP contribution >= 0.6 is 24.8 Å². The Labute approximate surface area is 136 Å². The van der Waals surface area contributed by atoms with E-state index in [0.29, 0.717) is 5.56 Å². The van der Waals surface area contributed by atoms with Crippen LogP contribution in [0.1, 0.15) is 12.3 Å². The van der Waals surface area contributed by atoms with E-state index in [1.807, 2.05) is 0 Å². The highest BCUT2D eigenvalue weighted by molar-refractivity contribution is 5.85. The molecule has 0 bridgehead atoms. The molecule has 0 aromatic carbocycles. The minimum Gasteiger partial charge on any atom is -0.338 e. The van der Waals surface area contributed by atoms with E-state index >= 15 is 0 Å². The average Bonchev–Trinajstić information content (AvgIpc) is 3.09. The minimum atomic E-state index is -4.43. The fraction of sp³-hybridized carbons (Fsp3) is 0.417. The summed E-state index contributed by atoms with van der Waals surface area (Å²) in [4.78, 5) is 7.77. The maximum atomic E-state index is 13.3. The Kier molecular flexibility index (Phi) is 5.77. The highest BCUT2D eigenvalue weighted by atomic mass is 35.5. The summed E-state index contributed by atoms with van der Waals surface area (Å²) in [5, 5.41) is 6.36. The van der Waals surface area contributed by atoms with Gasteiger partial charge in [0.05, 0.1) is 0 Å². The summed E-state index contributed by atoms with van der Waals surface area (Å²) in [6, 6.07) is 3.23. The molecule has 0 saturated carbocycles. The first-order valence-electron chi connectivity index (χ1n) is 6.05. The van der Waals surface area contributed by atoms with Crippen LogP contribution in [0.25, 0.3) is 11.4 Å². The van der Waals surface area contributed by atoms with E-state index in [1.165, 1.54) is 12.4 Å². The molecule has 2 aromatic rings. The van der Waals surface area contributed by atoms with Gasteiger partial charge in [-0.1, -0.05) is 5.16 Å². The number of pyridine rings is 1. The second kappa shape index (κ2) is 6.80. The molecular weight excluding hydrogens is 344 g/mol. The van der Waals surface area contributed by atoms with Gasteiger partial charge in [-0.25, -0.2) is 0 Å². The summed E-state index contributed by atoms with van der Waals surface area (Å²) in [5.74, 6) is -0.250. The van der Waals surface area contributed by atoms with Crippen LogP contribution in [0.2, 0.25) is 0 Å². The van der Waals surface area contributed by atoms with Gasteiger partial charge in [0.2, 0.25) is 11.7 Å². The molecule has 0 aliphatic carbocycles. The van der Waals surface area contributed by atoms with Crippen molar-refractivity contribution < 1.29 is 17.7 Å². The van der Waals surface area contributed by atoms with Crippen LogP contribution in [-0.4, -0.2) is 34.4 Å². The fourth-order valence-electron chi connectivity index (χ4n) is 2.27. The molecule has 22 heavy (non-hydrogen) atoms. The van der Waals surface area contributed by atoms with E-state index in [9.17, 15) is 13.2 Å². The topological polar surface area (TPSA) is 63.8 Å². The molecule has 1 unspecified atom stereocenters. The Bertz CT molecular complexity index is 600. The molecular formula is C12H13Cl2F3N4O. The molecule has 3 heterocycles. The van der Waals surface area contributed by atoms with E-state index in [-0.39, 0.29) is 56.0 Å². The molecule has 122 valence electrons. The Morgan fingerprint density at radius 2 is 1.86 bits per heavy atom. The summed E-state index contributed by atoms with van der Waals surface area (Å²) >= 11 is 0. The van der Waals surface area contributed by atoms with Gasteiger partial charge in [-0.2, -0.15) is 18.2 Å². The quantitative estimate of drug-likeness (QED) is 0.896. The predicted octanol–water partition coefficient (Wildman–Crippen LogP) is 2.77. The van der Waals surface area contributed by atoms with Crippen molar-refractivity contribution in [3.63, 3.8) is 0 Å². The third-order valence-electron chi connectivity index (χ3n) is 3.47. The third-order valence-corrected chi connectivity index (χ3v) is 3.47. The van der Waals surface area contributed by atoms with Crippen molar-refractivity contribution in [1.29, 1.82) is 0 Å². The zero-order valence-corrected chi connectivity index (χ0v) is 12.8. The van der Waals surface area contributed by atoms with Crippen molar-refractivity contribution in [3.05, 3.63) is 30.4 Å². The molecule has 3 rings (SSSR count). The SMILES string of the molecule is Cl.Cl.FC(F)(F)C1(c2nc(-c3ccncc3)no2)CCNC1. The molecule has 10 heteroatoms. The highest BCUT2D eigenvalue weighted by Crippen LogP contribution is 2.44. The van der Waals surface area contributed by atoms with E-state index in [0.717, 1.165) is 0 Å². The summed E-state index contributed by atoms with van der Waals surface area (Å²) in [7, 11) is 0. The van der Waals surface area contributed by atoms with Crippen LogP contribution in [0.5, 0.6) is 0 Å². The monoisotopic (exact) mass is 356 g/mol. The fourth-order valence-corrected chi connectivity index (χ4v) is 2.27. The maximum Gasteiger partial charge on any atom is 0.404 e. The van der Waals surface area contributed by atoms with E-state index < -0.39 is 11.6 Å². The largest absolute Gasteiger partial charge is 0.404 e. The van der Waals surface area contributed by atoms with Crippen molar-refractivity contribution in [2.75, 3.05) is 13.1 Å². The molecule has 1 atom stereocenters. The second-order valence-electron chi connectivity index (χ2n) is 4.67. The van der Waals surface area contributed by atoms with Crippen LogP contribution in [-0.2, 0) is 5.41 Å². The molecule has 0 radical (unpaired) electrons. The Morgan fingerprint density at radius 1 is 1.18 bits per heavy atom. The molecule has 0 amide bonds. The Hall–Kier alpha value is -1.38. The molecule has 1 N–H and O–H groups in total. The van der Waals surface area contributed by atoms with Gasteiger partial charge in [0.15, 0.2) is 5.41 Å². The van der Waals surface area contributed by atoms with Gasteiger partial charge in [-0.15, -0.1) is 24.8 Å². The summed E-state index contributed by atoms with van der Waals surface area (Å²) in [5.41, 5.74) is -1.52. The van der Waals surface area contributed by atoms with Crippen molar-refractivity contribution in [3.8, 4) is 11.4 Å². The molecule has 1 saturated heterocycles. The van der Waals surface area contributed by atoms with Gasteiger partial charge in [-0.3, -0.25) is 4.98 Å². The molecule has 1 fully saturated rings. The van der Waals surface area contributed by atoms with E-state index in [1.54, 1.807) is 12.1 Å². The van der Waals surface area contributed by atoms with Crippen LogP contribution in [0, 0.1) is 0 Å². The summed E-state index contributed by atoms with van der Waals surface area (Å²) in [6.45, 7) is 0.0287. The van der Waals surface area contributed by atoms with Gasteiger partial charge in [-0.05, 0) is 25.1 Å². The second-order valence-corrected chi connectivity index (χ2v) is 4.67. The first kappa shape index (κ1) is 18.7. The lowest BCUT2D eigenvalue weighted by molar-refractivity contribution is -0.191. The van der Waals surface area contributed by atoms with E-state index in [2.05, 4.69) is 20.4 Å². The number of alkyl halides is 3. The third kappa shape index (κ3) is 3.04. The number of aromatic nitrogens is 3. The number of rotatable bonds is 2. The van der Waals surface area contributed by atoms with Gasteiger partial charge in [0.1, 0.15) is 0 Å². The minimum absolute atomic E-state index is 0. The van der Waals surface area contributed by atoms with Crippen LogP contribution in [0.4, 0.5) is 13.2 Å². The number of hydrogen-bond donors (Lipinski definition) is 1. The van der Waals surface area contributed by atoms with Crippen molar-refractivity contribution in [2.45, 2.75) is 18.0 Å². The van der Waals surface area contributed by atoms with Gasteiger partial charge < -0.3 is 9.84 Å². The molecule has 0 spiro atoms. The van der Waals surface area contributed by atoms with Gasteiger partial charge in [0.25, 0.3) is 0 Å². The maximum absolute atomic E-state index is 13.3. The van der Waals surface area contributed by atoms with Gasteiger partial charge in [0, 0.05) is 24.5 Å². The van der Waals surface area contributed by atoms with E-state index in [4.69, 9.17) is 4.52 Å². The number of nitrogens with zero attached hydrogens (tertiary/aromatic N) is 3. The van der Waals surface area contributed by atoms with Gasteiger partial charge >= 0.3 is 6.18 Å². The first-order valence-corrected chi connectivity index (χ1v) is 6.05. The van der Waals surface area contributed by atoms with Crippen molar-refractivity contribution in [1.82, 2.24) is 20.4 Å². The lowest BCUT2D eigenvalue weighted by Crippen LogP contribution is -2.44. The summed E-state index contributed by atoms with van der Waals surface area (Å²) in [6.07, 6.45) is -1.50. The molecule has 2 aromatic heterocycles. The van der Waals surface area contributed by atoms with Crippen molar-refractivity contribution in [2.24, 2.45) is 0 Å². The molecule has 1 aliphatic heterocycles. The lowest BCUT2D eigenvalue weighted by Gasteiger charge is -2.26. The molecule has 5 nitrogen and oxygen atoms in total. The van der Waals surface area contributed by atoms with Crippen LogP contribution in [0.3, 0.4) is 0 Å². The Morgan fingerprint density at radius 3 is 2.41 bits per heavy atom. The predicted molar refractivity (Wildman–Crippen MR) is 77.2 cm³/mol. The van der Waals surface area contributed by atoms with Crippen LogP contribution < -0.4 is 5.32 Å². The normalized spacial score (nSPS) is 21.0. The first-order chi connectivity index (χ1) is 9.53. The number of nitrogens with one attached hydrogen (secondary N) is 1. The highest BCUT2D eigenvalue weighted by Gasteiger charge is 2.61. The number of halogens is 5. The lowest BCUT2D eigenvalue weighted by atomic mass is 9.86. The smallest absolute Gasteiger partial charge is 0.338 e. The summed E-state index contributed by atoms with van der Waals surface area (Å²) < 4.78 is 44.9. The van der Waals surface area contributed by atoms with Crippen LogP contribution in [0.15, 0.2) is 29.0 Å². The number of hydrogen-bond acceptors (Lipinski definition) is 5. The zero-order chi connectivity index (χ0) is 14.2. The molecule has 1 aliphatic rings. The zero-order valence-electron chi connectivity index (χ0n) is 11.1. The Balaban J connectivity index is 0.00000121. The average molecular weight is 357 g/mol.